The van der Waals surface area contributed by atoms with Gasteiger partial charge in [0.2, 0.25) is 4.96 Å². The molecule has 1 aromatic carbocycles. The van der Waals surface area contributed by atoms with E-state index in [2.05, 4.69) is 34.4 Å². The number of nitrogens with zero attached hydrogens (tertiary/aromatic N) is 4. The molecule has 6 heteroatoms. The Balaban J connectivity index is 1.94. The molecule has 98 valence electrons. The summed E-state index contributed by atoms with van der Waals surface area (Å²) in [6, 6.07) is 8.29. The fourth-order valence-electron chi connectivity index (χ4n) is 1.97. The van der Waals surface area contributed by atoms with Gasteiger partial charge in [-0.05, 0) is 18.1 Å². The SMILES string of the molecule is COCc1nn2c(Cc3ccccc3C)nnc2s1. The molecule has 3 rings (SSSR count). The number of aryl methyl sites for hydroxylation is 1. The van der Waals surface area contributed by atoms with Gasteiger partial charge in [-0.15, -0.1) is 10.2 Å². The molecule has 0 aliphatic carbocycles. The molecule has 5 nitrogen and oxygen atoms in total. The van der Waals surface area contributed by atoms with Crippen LogP contribution in [0, 0.1) is 6.92 Å². The second-order valence-corrected chi connectivity index (χ2v) is 5.38. The summed E-state index contributed by atoms with van der Waals surface area (Å²) in [4.78, 5) is 0.815. The lowest BCUT2D eigenvalue weighted by atomic mass is 10.1. The highest BCUT2D eigenvalue weighted by atomic mass is 32.1. The van der Waals surface area contributed by atoms with Gasteiger partial charge < -0.3 is 4.74 Å². The van der Waals surface area contributed by atoms with Gasteiger partial charge in [-0.1, -0.05) is 35.6 Å². The summed E-state index contributed by atoms with van der Waals surface area (Å²) in [6.07, 6.45) is 0.740. The minimum atomic E-state index is 0.512. The van der Waals surface area contributed by atoms with Crippen molar-refractivity contribution < 1.29 is 4.74 Å². The van der Waals surface area contributed by atoms with Crippen molar-refractivity contribution in [2.45, 2.75) is 20.0 Å². The quantitative estimate of drug-likeness (QED) is 0.732. The van der Waals surface area contributed by atoms with Crippen LogP contribution in [0.3, 0.4) is 0 Å². The molecule has 2 aromatic heterocycles. The van der Waals surface area contributed by atoms with E-state index in [1.165, 1.54) is 22.5 Å². The summed E-state index contributed by atoms with van der Waals surface area (Å²) in [5.41, 5.74) is 2.50. The third kappa shape index (κ3) is 2.36. The highest BCUT2D eigenvalue weighted by Gasteiger charge is 2.12. The van der Waals surface area contributed by atoms with Crippen LogP contribution in [-0.2, 0) is 17.8 Å². The number of hydrogen-bond acceptors (Lipinski definition) is 5. The Hall–Kier alpha value is -1.79. The summed E-state index contributed by atoms with van der Waals surface area (Å²) in [7, 11) is 1.66. The number of benzene rings is 1. The minimum Gasteiger partial charge on any atom is -0.377 e. The van der Waals surface area contributed by atoms with Crippen LogP contribution in [0.5, 0.6) is 0 Å². The van der Waals surface area contributed by atoms with E-state index in [0.29, 0.717) is 6.61 Å². The van der Waals surface area contributed by atoms with Crippen LogP contribution >= 0.6 is 11.3 Å². The molecule has 0 saturated carbocycles. The fraction of sp³-hybridized carbons (Fsp3) is 0.308. The second kappa shape index (κ2) is 5.07. The molecule has 19 heavy (non-hydrogen) atoms. The maximum atomic E-state index is 5.09. The maximum Gasteiger partial charge on any atom is 0.234 e. The lowest BCUT2D eigenvalue weighted by molar-refractivity contribution is 0.183. The zero-order valence-corrected chi connectivity index (χ0v) is 11.6. The Bertz CT molecular complexity index is 704. The summed E-state index contributed by atoms with van der Waals surface area (Å²) < 4.78 is 6.90. The van der Waals surface area contributed by atoms with Gasteiger partial charge in [-0.2, -0.15) is 9.61 Å². The van der Waals surface area contributed by atoms with Gasteiger partial charge in [-0.3, -0.25) is 0 Å². The van der Waals surface area contributed by atoms with Crippen LogP contribution in [0.1, 0.15) is 22.0 Å². The molecule has 3 aromatic rings. The van der Waals surface area contributed by atoms with Gasteiger partial charge in [0.05, 0.1) is 6.61 Å². The Morgan fingerprint density at radius 1 is 1.26 bits per heavy atom. The molecular weight excluding hydrogens is 260 g/mol. The third-order valence-electron chi connectivity index (χ3n) is 2.97. The standard InChI is InChI=1S/C13H14N4OS/c1-9-5-3-4-6-10(9)7-11-14-15-13-17(11)16-12(19-13)8-18-2/h3-6H,7-8H2,1-2H3. The first kappa shape index (κ1) is 12.3. The van der Waals surface area contributed by atoms with Crippen LogP contribution < -0.4 is 0 Å². The number of ether oxygens (including phenoxy) is 1. The number of aromatic nitrogens is 4. The normalized spacial score (nSPS) is 11.3. The Kier molecular flexibility index (Phi) is 3.27. The second-order valence-electron chi connectivity index (χ2n) is 4.34. The summed E-state index contributed by atoms with van der Waals surface area (Å²) >= 11 is 1.51. The topological polar surface area (TPSA) is 52.3 Å². The Labute approximate surface area is 114 Å². The van der Waals surface area contributed by atoms with Crippen LogP contribution in [0.15, 0.2) is 24.3 Å². The van der Waals surface area contributed by atoms with Crippen molar-refractivity contribution in [2.24, 2.45) is 0 Å². The van der Waals surface area contributed by atoms with Crippen molar-refractivity contribution in [3.05, 3.63) is 46.2 Å². The zero-order valence-electron chi connectivity index (χ0n) is 10.8. The van der Waals surface area contributed by atoms with Crippen molar-refractivity contribution in [3.8, 4) is 0 Å². The van der Waals surface area contributed by atoms with Crippen molar-refractivity contribution >= 4 is 16.3 Å². The van der Waals surface area contributed by atoms with Gasteiger partial charge in [-0.25, -0.2) is 0 Å². The van der Waals surface area contributed by atoms with Crippen molar-refractivity contribution in [1.82, 2.24) is 19.8 Å². The van der Waals surface area contributed by atoms with E-state index in [1.54, 1.807) is 7.11 Å². The van der Waals surface area contributed by atoms with Crippen LogP contribution in [-0.4, -0.2) is 26.9 Å². The summed E-state index contributed by atoms with van der Waals surface area (Å²) in [5, 5.41) is 13.8. The van der Waals surface area contributed by atoms with E-state index in [0.717, 1.165) is 22.2 Å². The molecule has 0 saturated heterocycles. The monoisotopic (exact) mass is 274 g/mol. The van der Waals surface area contributed by atoms with Crippen LogP contribution in [0.2, 0.25) is 0 Å². The van der Waals surface area contributed by atoms with Gasteiger partial charge in [0.25, 0.3) is 0 Å². The molecule has 0 fully saturated rings. The molecule has 0 atom stereocenters. The van der Waals surface area contributed by atoms with Gasteiger partial charge >= 0.3 is 0 Å². The first-order valence-corrected chi connectivity index (χ1v) is 6.83. The highest BCUT2D eigenvalue weighted by Crippen LogP contribution is 2.17. The Morgan fingerprint density at radius 3 is 2.89 bits per heavy atom. The maximum absolute atomic E-state index is 5.09. The highest BCUT2D eigenvalue weighted by molar-refractivity contribution is 7.16. The predicted molar refractivity (Wildman–Crippen MR) is 73.4 cm³/mol. The van der Waals surface area contributed by atoms with Gasteiger partial charge in [0.1, 0.15) is 5.01 Å². The lowest BCUT2D eigenvalue weighted by Gasteiger charge is -2.02. The largest absolute Gasteiger partial charge is 0.377 e. The van der Waals surface area contributed by atoms with Gasteiger partial charge in [0, 0.05) is 13.5 Å². The first-order chi connectivity index (χ1) is 9.28. The first-order valence-electron chi connectivity index (χ1n) is 6.01. The lowest BCUT2D eigenvalue weighted by Crippen LogP contribution is -2.00. The molecule has 0 amide bonds. The van der Waals surface area contributed by atoms with E-state index in [4.69, 9.17) is 4.74 Å². The smallest absolute Gasteiger partial charge is 0.234 e. The molecule has 0 unspecified atom stereocenters. The molecule has 0 bridgehead atoms. The van der Waals surface area contributed by atoms with E-state index in [9.17, 15) is 0 Å². The van der Waals surface area contributed by atoms with E-state index in [-0.39, 0.29) is 0 Å². The Morgan fingerprint density at radius 2 is 2.11 bits per heavy atom. The molecule has 0 aliphatic heterocycles. The molecule has 0 N–H and O–H groups in total. The minimum absolute atomic E-state index is 0.512. The molecule has 0 radical (unpaired) electrons. The third-order valence-corrected chi connectivity index (χ3v) is 3.85. The summed E-state index contributed by atoms with van der Waals surface area (Å²) in [6.45, 7) is 2.61. The molecule has 0 aliphatic rings. The van der Waals surface area contributed by atoms with Crippen LogP contribution in [0.4, 0.5) is 0 Å². The molecule has 0 spiro atoms. The fourth-order valence-corrected chi connectivity index (χ4v) is 2.79. The summed E-state index contributed by atoms with van der Waals surface area (Å²) in [5.74, 6) is 0.864. The van der Waals surface area contributed by atoms with Crippen molar-refractivity contribution in [3.63, 3.8) is 0 Å². The van der Waals surface area contributed by atoms with E-state index in [1.807, 2.05) is 16.6 Å². The van der Waals surface area contributed by atoms with E-state index >= 15 is 0 Å². The molecule has 2 heterocycles. The number of hydrogen-bond donors (Lipinski definition) is 0. The van der Waals surface area contributed by atoms with E-state index < -0.39 is 0 Å². The van der Waals surface area contributed by atoms with Crippen molar-refractivity contribution in [1.29, 1.82) is 0 Å². The average Bonchev–Trinajstić information content (AvgIpc) is 2.94. The molecular formula is C13H14N4OS. The number of methoxy groups -OCH3 is 1. The number of fused-ring (bicyclic) bond motifs is 1. The van der Waals surface area contributed by atoms with Crippen LogP contribution in [0.25, 0.3) is 4.96 Å². The van der Waals surface area contributed by atoms with Gasteiger partial charge in [0.15, 0.2) is 5.82 Å². The van der Waals surface area contributed by atoms with Crippen molar-refractivity contribution in [2.75, 3.05) is 7.11 Å². The zero-order chi connectivity index (χ0) is 13.2. The average molecular weight is 274 g/mol. The predicted octanol–water partition coefficient (Wildman–Crippen LogP) is 2.23. The number of rotatable bonds is 4.